The van der Waals surface area contributed by atoms with Crippen molar-refractivity contribution in [2.24, 2.45) is 5.73 Å². The lowest BCUT2D eigenvalue weighted by Crippen LogP contribution is -2.10. The molecule has 4 heteroatoms. The van der Waals surface area contributed by atoms with Crippen molar-refractivity contribution in [1.29, 1.82) is 0 Å². The highest BCUT2D eigenvalue weighted by molar-refractivity contribution is 5.92. The molecule has 0 saturated carbocycles. The molecule has 58 valence electrons. The fourth-order valence-corrected chi connectivity index (χ4v) is 0.586. The van der Waals surface area contributed by atoms with Crippen molar-refractivity contribution in [2.75, 3.05) is 7.04 Å². The van der Waals surface area contributed by atoms with Crippen molar-refractivity contribution in [3.8, 4) is 5.88 Å². The van der Waals surface area contributed by atoms with Crippen LogP contribution in [0.25, 0.3) is 0 Å². The Kier molecular flexibility index (Phi) is 1.18. The van der Waals surface area contributed by atoms with Gasteiger partial charge in [0.05, 0.1) is 16.7 Å². The quantitative estimate of drug-likeness (QED) is 0.663. The van der Waals surface area contributed by atoms with E-state index >= 15 is 0 Å². The highest BCUT2D eigenvalue weighted by Gasteiger charge is 1.99. The summed E-state index contributed by atoms with van der Waals surface area (Å²) in [5.41, 5.74) is 5.16. The van der Waals surface area contributed by atoms with Gasteiger partial charge in [0.25, 0.3) is 0 Å². The lowest BCUT2D eigenvalue weighted by molar-refractivity contribution is 0.1000. The first-order valence-electron chi connectivity index (χ1n) is 4.33. The number of primary amides is 1. The Morgan fingerprint density at radius 2 is 2.64 bits per heavy atom. The van der Waals surface area contributed by atoms with Crippen LogP contribution in [-0.2, 0) is 0 Å². The van der Waals surface area contributed by atoms with Crippen LogP contribution < -0.4 is 10.5 Å². The molecular weight excluding hydrogens is 144 g/mol. The van der Waals surface area contributed by atoms with Crippen LogP contribution in [0.3, 0.4) is 0 Å². The minimum atomic E-state index is -2.54. The SMILES string of the molecule is [2H]C([2H])([2H])Oc1ccc(C(N)=O)cn1. The summed E-state index contributed by atoms with van der Waals surface area (Å²) in [5.74, 6) is -0.701. The van der Waals surface area contributed by atoms with Gasteiger partial charge in [0.1, 0.15) is 0 Å². The minimum absolute atomic E-state index is 0.0741. The first-order chi connectivity index (χ1) is 6.38. The third-order valence-corrected chi connectivity index (χ3v) is 1.13. The van der Waals surface area contributed by atoms with E-state index in [1.54, 1.807) is 0 Å². The average molecular weight is 155 g/mol. The third-order valence-electron chi connectivity index (χ3n) is 1.13. The summed E-state index contributed by atoms with van der Waals surface area (Å²) in [7, 11) is -2.54. The van der Waals surface area contributed by atoms with Gasteiger partial charge in [-0.1, -0.05) is 0 Å². The van der Waals surface area contributed by atoms with Gasteiger partial charge in [0.2, 0.25) is 11.8 Å². The van der Waals surface area contributed by atoms with E-state index in [0.717, 1.165) is 6.20 Å². The predicted octanol–water partition coefficient (Wildman–Crippen LogP) is 0.189. The number of methoxy groups -OCH3 is 1. The highest BCUT2D eigenvalue weighted by atomic mass is 16.5. The maximum absolute atomic E-state index is 10.6. The third kappa shape index (κ3) is 1.67. The molecule has 1 heterocycles. The van der Waals surface area contributed by atoms with Crippen LogP contribution in [0, 0.1) is 0 Å². The molecule has 0 fully saturated rings. The van der Waals surface area contributed by atoms with E-state index in [9.17, 15) is 4.79 Å². The largest absolute Gasteiger partial charge is 0.481 e. The molecule has 0 saturated heterocycles. The number of nitrogens with zero attached hydrogens (tertiary/aromatic N) is 1. The first-order valence-corrected chi connectivity index (χ1v) is 2.83. The summed E-state index contributed by atoms with van der Waals surface area (Å²) < 4.78 is 24.8. The Balaban J connectivity index is 2.79. The number of pyridine rings is 1. The van der Waals surface area contributed by atoms with E-state index in [2.05, 4.69) is 9.72 Å². The normalized spacial score (nSPS) is 14.4. The van der Waals surface area contributed by atoms with Crippen molar-refractivity contribution < 1.29 is 13.6 Å². The summed E-state index contributed by atoms with van der Waals surface area (Å²) >= 11 is 0. The van der Waals surface area contributed by atoms with Crippen molar-refractivity contribution >= 4 is 5.91 Å². The summed E-state index contributed by atoms with van der Waals surface area (Å²) in [6.45, 7) is 0. The van der Waals surface area contributed by atoms with Gasteiger partial charge in [0.15, 0.2) is 0 Å². The number of ether oxygens (including phenoxy) is 1. The lowest BCUT2D eigenvalue weighted by Gasteiger charge is -1.97. The number of carbonyl (C=O) groups excluding carboxylic acids is 1. The molecule has 0 atom stereocenters. The van der Waals surface area contributed by atoms with Gasteiger partial charge in [-0.05, 0) is 6.07 Å². The van der Waals surface area contributed by atoms with Crippen LogP contribution in [0.2, 0.25) is 0 Å². The van der Waals surface area contributed by atoms with E-state index < -0.39 is 12.9 Å². The Bertz CT molecular complexity index is 334. The van der Waals surface area contributed by atoms with Crippen LogP contribution in [0.4, 0.5) is 0 Å². The van der Waals surface area contributed by atoms with Crippen molar-refractivity contribution in [2.45, 2.75) is 0 Å². The van der Waals surface area contributed by atoms with Crippen molar-refractivity contribution in [1.82, 2.24) is 4.98 Å². The van der Waals surface area contributed by atoms with Crippen LogP contribution in [-0.4, -0.2) is 17.9 Å². The van der Waals surface area contributed by atoms with Gasteiger partial charge in [-0.15, -0.1) is 0 Å². The molecule has 1 amide bonds. The second-order valence-corrected chi connectivity index (χ2v) is 1.85. The zero-order chi connectivity index (χ0) is 10.8. The van der Waals surface area contributed by atoms with Gasteiger partial charge >= 0.3 is 0 Å². The molecule has 0 aliphatic heterocycles. The molecule has 0 radical (unpaired) electrons. The van der Waals surface area contributed by atoms with Gasteiger partial charge in [0, 0.05) is 12.3 Å². The Morgan fingerprint density at radius 3 is 3.09 bits per heavy atom. The fourth-order valence-electron chi connectivity index (χ4n) is 0.586. The molecule has 0 aliphatic carbocycles. The van der Waals surface area contributed by atoms with Gasteiger partial charge in [-0.2, -0.15) is 0 Å². The molecule has 0 bridgehead atoms. The zero-order valence-electron chi connectivity index (χ0n) is 8.57. The zero-order valence-corrected chi connectivity index (χ0v) is 5.57. The fraction of sp³-hybridized carbons (Fsp3) is 0.143. The predicted molar refractivity (Wildman–Crippen MR) is 39.3 cm³/mol. The maximum atomic E-state index is 10.6. The Hall–Kier alpha value is -1.58. The number of nitrogens with two attached hydrogens (primary N) is 1. The number of amides is 1. The number of carbonyl (C=O) groups is 1. The second-order valence-electron chi connectivity index (χ2n) is 1.85. The molecule has 0 aliphatic rings. The van der Waals surface area contributed by atoms with Crippen LogP contribution in [0.15, 0.2) is 18.3 Å². The molecule has 1 aromatic rings. The van der Waals surface area contributed by atoms with Gasteiger partial charge in [-0.25, -0.2) is 4.98 Å². The first kappa shape index (κ1) is 4.33. The smallest absolute Gasteiger partial charge is 0.250 e. The highest BCUT2D eigenvalue weighted by Crippen LogP contribution is 2.05. The van der Waals surface area contributed by atoms with Gasteiger partial charge in [-0.3, -0.25) is 4.79 Å². The second kappa shape index (κ2) is 3.01. The number of hydrogen-bond acceptors (Lipinski definition) is 3. The molecule has 4 nitrogen and oxygen atoms in total. The van der Waals surface area contributed by atoms with E-state index in [1.807, 2.05) is 0 Å². The van der Waals surface area contributed by atoms with E-state index in [0.29, 0.717) is 0 Å². The number of aromatic nitrogens is 1. The average Bonchev–Trinajstić information content (AvgIpc) is 2.02. The monoisotopic (exact) mass is 155 g/mol. The van der Waals surface area contributed by atoms with Crippen molar-refractivity contribution in [3.63, 3.8) is 0 Å². The van der Waals surface area contributed by atoms with Crippen molar-refractivity contribution in [3.05, 3.63) is 23.9 Å². The van der Waals surface area contributed by atoms with Crippen LogP contribution >= 0.6 is 0 Å². The summed E-state index contributed by atoms with van der Waals surface area (Å²) in [4.78, 5) is 14.2. The molecule has 1 aromatic heterocycles. The van der Waals surface area contributed by atoms with Gasteiger partial charge < -0.3 is 10.5 Å². The van der Waals surface area contributed by atoms with Crippen LogP contribution in [0.5, 0.6) is 5.88 Å². The Labute approximate surface area is 68.2 Å². The lowest BCUT2D eigenvalue weighted by atomic mass is 10.3. The summed E-state index contributed by atoms with van der Waals surface area (Å²) in [6, 6.07) is 2.61. The maximum Gasteiger partial charge on any atom is 0.250 e. The molecule has 1 rings (SSSR count). The summed E-state index contributed by atoms with van der Waals surface area (Å²) in [6.07, 6.45) is 1.16. The van der Waals surface area contributed by atoms with E-state index in [-0.39, 0.29) is 11.4 Å². The number of hydrogen-bond donors (Lipinski definition) is 1. The molecule has 0 unspecified atom stereocenters. The standard InChI is InChI=1S/C7H8N2O2/c1-11-6-3-2-5(4-9-6)7(8)10/h2-4H,1H3,(H2,8,10)/i1D3. The van der Waals surface area contributed by atoms with E-state index in [1.165, 1.54) is 12.1 Å². The molecule has 2 N–H and O–H groups in total. The van der Waals surface area contributed by atoms with Crippen LogP contribution in [0.1, 0.15) is 14.5 Å². The molecule has 11 heavy (non-hydrogen) atoms. The molecule has 0 aromatic carbocycles. The topological polar surface area (TPSA) is 65.2 Å². The van der Waals surface area contributed by atoms with E-state index in [4.69, 9.17) is 9.85 Å². The molecule has 0 spiro atoms. The summed E-state index contributed by atoms with van der Waals surface area (Å²) in [5, 5.41) is 0. The Morgan fingerprint density at radius 1 is 1.82 bits per heavy atom. The molecular formula is C7H8N2O2. The number of rotatable bonds is 2. The minimum Gasteiger partial charge on any atom is -0.481 e.